The van der Waals surface area contributed by atoms with Gasteiger partial charge in [0.1, 0.15) is 6.61 Å². The van der Waals surface area contributed by atoms with Crippen molar-refractivity contribution in [1.82, 2.24) is 20.4 Å². The average molecular weight is 316 g/mol. The van der Waals surface area contributed by atoms with Gasteiger partial charge in [-0.2, -0.15) is 10.2 Å². The molecule has 22 heavy (non-hydrogen) atoms. The molecule has 2 aliphatic rings. The lowest BCUT2D eigenvalue weighted by Gasteiger charge is -2.23. The number of thioether (sulfide) groups is 1. The average Bonchev–Trinajstić information content (AvgIpc) is 2.54. The number of hydrogen-bond acceptors (Lipinski definition) is 7. The van der Waals surface area contributed by atoms with Crippen molar-refractivity contribution in [3.8, 4) is 11.8 Å². The van der Waals surface area contributed by atoms with E-state index in [0.717, 1.165) is 42.2 Å². The van der Waals surface area contributed by atoms with Gasteiger partial charge in [0.2, 0.25) is 11.8 Å². The first-order chi connectivity index (χ1) is 10.8. The molecule has 7 heteroatoms. The van der Waals surface area contributed by atoms with E-state index in [1.54, 1.807) is 11.8 Å². The summed E-state index contributed by atoms with van der Waals surface area (Å²) in [5.74, 6) is 1.33. The molecular formula is C15H16N4O2S. The van der Waals surface area contributed by atoms with Gasteiger partial charge in [0, 0.05) is 17.2 Å². The smallest absolute Gasteiger partial charge is 0.247 e. The van der Waals surface area contributed by atoms with E-state index in [9.17, 15) is 0 Å². The van der Waals surface area contributed by atoms with Gasteiger partial charge in [0.25, 0.3) is 0 Å². The quantitative estimate of drug-likeness (QED) is 0.839. The van der Waals surface area contributed by atoms with Gasteiger partial charge in [-0.25, -0.2) is 0 Å². The maximum atomic E-state index is 5.71. The molecule has 4 heterocycles. The van der Waals surface area contributed by atoms with Gasteiger partial charge in [-0.05, 0) is 31.9 Å². The fourth-order valence-corrected chi connectivity index (χ4v) is 3.84. The molecule has 2 aromatic heterocycles. The number of nitrogens with zero attached hydrogens (tertiary/aromatic N) is 4. The fourth-order valence-electron chi connectivity index (χ4n) is 2.66. The minimum absolute atomic E-state index is 0.313. The van der Waals surface area contributed by atoms with Crippen LogP contribution in [0.5, 0.6) is 11.8 Å². The maximum Gasteiger partial charge on any atom is 0.247 e. The summed E-state index contributed by atoms with van der Waals surface area (Å²) in [5, 5.41) is 16.9. The van der Waals surface area contributed by atoms with Crippen molar-refractivity contribution >= 4 is 11.8 Å². The zero-order valence-electron chi connectivity index (χ0n) is 12.3. The Labute approximate surface area is 132 Å². The Balaban J connectivity index is 1.50. The summed E-state index contributed by atoms with van der Waals surface area (Å²) in [5.41, 5.74) is 3.06. The lowest BCUT2D eigenvalue weighted by Crippen LogP contribution is -2.23. The van der Waals surface area contributed by atoms with E-state index in [-0.39, 0.29) is 0 Å². The van der Waals surface area contributed by atoms with E-state index in [1.165, 1.54) is 5.56 Å². The standard InChI is InChI=1S/C15H16N4O2S/c1-9-5-13-15(19-16-9)21-8-12(22-13)7-11-6-10-3-2-4-20-14(10)18-17-11/h5-6,12H,2-4,7-8H2,1H3. The Kier molecular flexibility index (Phi) is 3.57. The number of hydrogen-bond donors (Lipinski definition) is 0. The molecule has 0 saturated carbocycles. The highest BCUT2D eigenvalue weighted by Gasteiger charge is 2.24. The Hall–Kier alpha value is -1.89. The zero-order chi connectivity index (χ0) is 14.9. The van der Waals surface area contributed by atoms with Crippen LogP contribution in [0.4, 0.5) is 0 Å². The Bertz CT molecular complexity index is 710. The predicted octanol–water partition coefficient (Wildman–Crippen LogP) is 2.00. The highest BCUT2D eigenvalue weighted by atomic mass is 32.2. The number of ether oxygens (including phenoxy) is 2. The first-order valence-electron chi connectivity index (χ1n) is 7.40. The summed E-state index contributed by atoms with van der Waals surface area (Å²) in [7, 11) is 0. The monoisotopic (exact) mass is 316 g/mol. The highest BCUT2D eigenvalue weighted by Crippen LogP contribution is 2.36. The van der Waals surface area contributed by atoms with Crippen LogP contribution in [0.3, 0.4) is 0 Å². The number of aromatic nitrogens is 4. The summed E-state index contributed by atoms with van der Waals surface area (Å²) >= 11 is 1.78. The predicted molar refractivity (Wildman–Crippen MR) is 81.5 cm³/mol. The van der Waals surface area contributed by atoms with Crippen LogP contribution in [0.15, 0.2) is 17.0 Å². The highest BCUT2D eigenvalue weighted by molar-refractivity contribution is 8.00. The molecule has 0 radical (unpaired) electrons. The van der Waals surface area contributed by atoms with E-state index in [1.807, 2.05) is 13.0 Å². The summed E-state index contributed by atoms with van der Waals surface area (Å²) in [4.78, 5) is 1.05. The van der Waals surface area contributed by atoms with Crippen LogP contribution in [0.2, 0.25) is 0 Å². The molecule has 0 fully saturated rings. The van der Waals surface area contributed by atoms with Crippen molar-refractivity contribution < 1.29 is 9.47 Å². The third-order valence-corrected chi connectivity index (χ3v) is 4.88. The Morgan fingerprint density at radius 2 is 2.05 bits per heavy atom. The SMILES string of the molecule is Cc1cc2c(nn1)OCC(Cc1cc3c(nn1)OCCC3)S2. The second-order valence-electron chi connectivity index (χ2n) is 5.53. The number of rotatable bonds is 2. The van der Waals surface area contributed by atoms with Gasteiger partial charge in [0.05, 0.1) is 22.9 Å². The number of aryl methyl sites for hydroxylation is 2. The molecule has 0 spiro atoms. The molecule has 0 amide bonds. The van der Waals surface area contributed by atoms with Crippen molar-refractivity contribution in [1.29, 1.82) is 0 Å². The van der Waals surface area contributed by atoms with Crippen LogP contribution in [0, 0.1) is 6.92 Å². The molecule has 114 valence electrons. The minimum Gasteiger partial charge on any atom is -0.476 e. The molecular weight excluding hydrogens is 300 g/mol. The summed E-state index contributed by atoms with van der Waals surface area (Å²) < 4.78 is 11.2. The van der Waals surface area contributed by atoms with Crippen LogP contribution in [0.1, 0.15) is 23.4 Å². The second-order valence-corrected chi connectivity index (χ2v) is 6.87. The van der Waals surface area contributed by atoms with Crippen LogP contribution in [0.25, 0.3) is 0 Å². The van der Waals surface area contributed by atoms with Crippen molar-refractivity contribution in [2.45, 2.75) is 36.3 Å². The van der Waals surface area contributed by atoms with Gasteiger partial charge >= 0.3 is 0 Å². The largest absolute Gasteiger partial charge is 0.476 e. The maximum absolute atomic E-state index is 5.71. The molecule has 0 aliphatic carbocycles. The number of fused-ring (bicyclic) bond motifs is 2. The van der Waals surface area contributed by atoms with Crippen molar-refractivity contribution in [3.05, 3.63) is 29.1 Å². The zero-order valence-corrected chi connectivity index (χ0v) is 13.1. The second kappa shape index (κ2) is 5.72. The van der Waals surface area contributed by atoms with Gasteiger partial charge in [-0.3, -0.25) is 0 Å². The molecule has 0 aromatic carbocycles. The van der Waals surface area contributed by atoms with Gasteiger partial charge < -0.3 is 9.47 Å². The lowest BCUT2D eigenvalue weighted by atomic mass is 10.1. The van der Waals surface area contributed by atoms with E-state index >= 15 is 0 Å². The topological polar surface area (TPSA) is 70.0 Å². The summed E-state index contributed by atoms with van der Waals surface area (Å²) in [6, 6.07) is 4.14. The van der Waals surface area contributed by atoms with Crippen molar-refractivity contribution in [3.63, 3.8) is 0 Å². The normalized spacial score (nSPS) is 19.6. The van der Waals surface area contributed by atoms with Crippen LogP contribution in [-0.4, -0.2) is 38.9 Å². The first-order valence-corrected chi connectivity index (χ1v) is 8.28. The van der Waals surface area contributed by atoms with Crippen molar-refractivity contribution in [2.24, 2.45) is 0 Å². The van der Waals surface area contributed by atoms with E-state index in [2.05, 4.69) is 26.5 Å². The van der Waals surface area contributed by atoms with E-state index in [0.29, 0.717) is 23.6 Å². The molecule has 1 atom stereocenters. The first kappa shape index (κ1) is 13.8. The summed E-state index contributed by atoms with van der Waals surface area (Å²) in [6.07, 6.45) is 2.89. The molecule has 2 aromatic rings. The Morgan fingerprint density at radius 3 is 3.00 bits per heavy atom. The summed E-state index contributed by atoms with van der Waals surface area (Å²) in [6.45, 7) is 3.29. The molecule has 6 nitrogen and oxygen atoms in total. The van der Waals surface area contributed by atoms with Gasteiger partial charge in [0.15, 0.2) is 0 Å². The third-order valence-electron chi connectivity index (χ3n) is 3.70. The Morgan fingerprint density at radius 1 is 1.14 bits per heavy atom. The van der Waals surface area contributed by atoms with E-state index in [4.69, 9.17) is 9.47 Å². The van der Waals surface area contributed by atoms with Crippen molar-refractivity contribution in [2.75, 3.05) is 13.2 Å². The molecule has 4 rings (SSSR count). The fraction of sp³-hybridized carbons (Fsp3) is 0.467. The van der Waals surface area contributed by atoms with Gasteiger partial charge in [-0.1, -0.05) is 0 Å². The molecule has 0 saturated heterocycles. The molecule has 2 aliphatic heterocycles. The van der Waals surface area contributed by atoms with E-state index < -0.39 is 0 Å². The van der Waals surface area contributed by atoms with Crippen LogP contribution < -0.4 is 9.47 Å². The third kappa shape index (κ3) is 2.72. The minimum atomic E-state index is 0.313. The van der Waals surface area contributed by atoms with Crippen LogP contribution in [-0.2, 0) is 12.8 Å². The lowest BCUT2D eigenvalue weighted by molar-refractivity contribution is 0.271. The van der Waals surface area contributed by atoms with Crippen LogP contribution >= 0.6 is 11.8 Å². The molecule has 0 N–H and O–H groups in total. The molecule has 1 unspecified atom stereocenters. The molecule has 0 bridgehead atoms. The van der Waals surface area contributed by atoms with Gasteiger partial charge in [-0.15, -0.1) is 22.0 Å².